The number of likely N-dealkylation sites (tertiary alicyclic amines) is 1. The smallest absolute Gasteiger partial charge is 0.330 e. The molecule has 2 aliphatic rings. The average molecular weight is 509 g/mol. The van der Waals surface area contributed by atoms with Crippen molar-refractivity contribution >= 4 is 22.1 Å². The molecule has 6 rings (SSSR count). The van der Waals surface area contributed by atoms with Gasteiger partial charge in [-0.1, -0.05) is 12.1 Å². The molecule has 1 saturated carbocycles. The Bertz CT molecular complexity index is 1530. The molecule has 1 aromatic carbocycles. The number of piperidine rings is 1. The summed E-state index contributed by atoms with van der Waals surface area (Å²) in [6, 6.07) is 9.85. The van der Waals surface area contributed by atoms with Crippen LogP contribution in [0, 0.1) is 11.8 Å². The molecule has 0 radical (unpaired) electrons. The van der Waals surface area contributed by atoms with Gasteiger partial charge in [0.15, 0.2) is 5.65 Å². The molecule has 0 spiro atoms. The maximum atomic E-state index is 13.4. The summed E-state index contributed by atoms with van der Waals surface area (Å²) in [6.07, 6.45) is 1.61. The van der Waals surface area contributed by atoms with Crippen LogP contribution in [0.3, 0.4) is 0 Å². The van der Waals surface area contributed by atoms with Crippen molar-refractivity contribution < 1.29 is 13.5 Å². The molecule has 0 N–H and O–H groups in total. The molecule has 4 aromatic rings. The van der Waals surface area contributed by atoms with Crippen LogP contribution >= 0.6 is 0 Å². The molecule has 0 bridgehead atoms. The van der Waals surface area contributed by atoms with E-state index in [1.165, 1.54) is 4.57 Å². The largest absolute Gasteiger partial charge is 0.371 e. The third-order valence-electron chi connectivity index (χ3n) is 7.87. The van der Waals surface area contributed by atoms with E-state index in [2.05, 4.69) is 20.1 Å². The van der Waals surface area contributed by atoms with E-state index in [9.17, 15) is 13.6 Å². The number of pyridine rings is 1. The van der Waals surface area contributed by atoms with Crippen LogP contribution in [0.15, 0.2) is 41.3 Å². The van der Waals surface area contributed by atoms with Crippen molar-refractivity contribution in [2.24, 2.45) is 18.9 Å². The Labute approximate surface area is 212 Å². The van der Waals surface area contributed by atoms with Crippen molar-refractivity contribution in [2.75, 3.05) is 26.2 Å². The van der Waals surface area contributed by atoms with Gasteiger partial charge >= 0.3 is 5.69 Å². The van der Waals surface area contributed by atoms with Gasteiger partial charge in [0.1, 0.15) is 5.52 Å². The number of nitrogens with zero attached hydrogens (tertiary/aromatic N) is 6. The van der Waals surface area contributed by atoms with Crippen molar-refractivity contribution in [1.82, 2.24) is 29.2 Å². The van der Waals surface area contributed by atoms with Crippen LogP contribution in [0.1, 0.15) is 38.6 Å². The Kier molecular flexibility index (Phi) is 5.65. The van der Waals surface area contributed by atoms with Gasteiger partial charge in [-0.15, -0.1) is 10.2 Å². The first kappa shape index (κ1) is 24.1. The van der Waals surface area contributed by atoms with E-state index >= 15 is 0 Å². The van der Waals surface area contributed by atoms with E-state index in [1.54, 1.807) is 11.6 Å². The topological polar surface area (TPSA) is 78.1 Å². The highest BCUT2D eigenvalue weighted by Crippen LogP contribution is 2.59. The molecule has 4 heterocycles. The van der Waals surface area contributed by atoms with E-state index in [4.69, 9.17) is 4.74 Å². The van der Waals surface area contributed by atoms with E-state index in [0.29, 0.717) is 31.9 Å². The number of ether oxygens (including phenoxy) is 1. The van der Waals surface area contributed by atoms with Gasteiger partial charge < -0.3 is 9.64 Å². The summed E-state index contributed by atoms with van der Waals surface area (Å²) in [5, 5.41) is 9.50. The second-order valence-electron chi connectivity index (χ2n) is 10.5. The molecule has 1 aliphatic carbocycles. The second kappa shape index (κ2) is 8.66. The lowest BCUT2D eigenvalue weighted by Gasteiger charge is -2.20. The van der Waals surface area contributed by atoms with Crippen LogP contribution in [-0.4, -0.2) is 61.4 Å². The predicted octanol–water partition coefficient (Wildman–Crippen LogP) is 4.20. The number of aromatic nitrogens is 5. The minimum atomic E-state index is -2.45. The monoisotopic (exact) mass is 508 g/mol. The van der Waals surface area contributed by atoms with Gasteiger partial charge in [0.2, 0.25) is 0 Å². The van der Waals surface area contributed by atoms with Crippen molar-refractivity contribution in [2.45, 2.75) is 38.8 Å². The molecule has 3 aromatic heterocycles. The van der Waals surface area contributed by atoms with Crippen LogP contribution in [0.25, 0.3) is 33.2 Å². The van der Waals surface area contributed by atoms with Gasteiger partial charge in [-0.2, -0.15) is 0 Å². The lowest BCUT2D eigenvalue weighted by molar-refractivity contribution is 0.0256. The molecular formula is C27H30F2N6O2. The zero-order valence-corrected chi connectivity index (χ0v) is 21.4. The van der Waals surface area contributed by atoms with Gasteiger partial charge in [0.05, 0.1) is 23.9 Å². The minimum Gasteiger partial charge on any atom is -0.371 e. The number of hydrogen-bond acceptors (Lipinski definition) is 6. The van der Waals surface area contributed by atoms with Gasteiger partial charge in [0.25, 0.3) is 5.92 Å². The maximum Gasteiger partial charge on any atom is 0.330 e. The van der Waals surface area contributed by atoms with Crippen LogP contribution in [0.4, 0.5) is 8.78 Å². The number of benzene rings is 1. The third kappa shape index (κ3) is 3.93. The predicted molar refractivity (Wildman–Crippen MR) is 137 cm³/mol. The normalized spacial score (nSPS) is 21.7. The number of aryl methyl sites for hydroxylation is 1. The Morgan fingerprint density at radius 2 is 1.81 bits per heavy atom. The first-order valence-electron chi connectivity index (χ1n) is 12.7. The summed E-state index contributed by atoms with van der Waals surface area (Å²) in [5.74, 6) is -3.37. The van der Waals surface area contributed by atoms with Crippen molar-refractivity contribution in [3.05, 3.63) is 52.7 Å². The summed E-state index contributed by atoms with van der Waals surface area (Å²) in [7, 11) is 1.71. The molecule has 10 heteroatoms. The Balaban J connectivity index is 1.18. The molecular weight excluding hydrogens is 478 g/mol. The Morgan fingerprint density at radius 3 is 2.49 bits per heavy atom. The van der Waals surface area contributed by atoms with Crippen molar-refractivity contribution in [3.8, 4) is 11.1 Å². The van der Waals surface area contributed by atoms with Crippen LogP contribution in [0.2, 0.25) is 0 Å². The molecule has 1 aliphatic heterocycles. The number of fused-ring (bicyclic) bond motifs is 4. The quantitative estimate of drug-likeness (QED) is 0.372. The minimum absolute atomic E-state index is 0.0215. The van der Waals surface area contributed by atoms with E-state index < -0.39 is 17.8 Å². The molecule has 37 heavy (non-hydrogen) atoms. The number of halogens is 2. The summed E-state index contributed by atoms with van der Waals surface area (Å²) < 4.78 is 36.0. The van der Waals surface area contributed by atoms with Gasteiger partial charge in [-0.25, -0.2) is 13.6 Å². The van der Waals surface area contributed by atoms with Crippen LogP contribution in [-0.2, 0) is 11.8 Å². The molecule has 2 unspecified atom stereocenters. The Hall–Kier alpha value is -3.24. The van der Waals surface area contributed by atoms with Crippen LogP contribution in [0.5, 0.6) is 0 Å². The van der Waals surface area contributed by atoms with Crippen molar-refractivity contribution in [3.63, 3.8) is 0 Å². The van der Waals surface area contributed by atoms with Crippen LogP contribution < -0.4 is 5.69 Å². The standard InChI is InChI=1S/C27H30F2N6O2/c1-15(2)35-24-19-11-17(5-8-23(19)31-32-25(24)33(4)26(35)36)18-6-7-22(30-12-18)16(3)37-10-9-34-13-20-21(14-34)27(20,28)29/h5-8,11-12,15-16,20-21H,9-10,13-14H2,1-4H3/t16-,20?,21?/m1/s1. The fraction of sp³-hybridized carbons (Fsp3) is 0.481. The van der Waals surface area contributed by atoms with Gasteiger partial charge in [0, 0.05) is 61.7 Å². The first-order valence-corrected chi connectivity index (χ1v) is 12.7. The third-order valence-corrected chi connectivity index (χ3v) is 7.87. The molecule has 2 fully saturated rings. The van der Waals surface area contributed by atoms with E-state index in [1.807, 2.05) is 57.3 Å². The molecule has 8 nitrogen and oxygen atoms in total. The second-order valence-corrected chi connectivity index (χ2v) is 10.5. The number of imidazole rings is 1. The molecule has 3 atom stereocenters. The summed E-state index contributed by atoms with van der Waals surface area (Å²) in [4.78, 5) is 19.5. The number of alkyl halides is 2. The number of hydrogen-bond donors (Lipinski definition) is 0. The highest BCUT2D eigenvalue weighted by molar-refractivity contribution is 6.02. The molecule has 1 saturated heterocycles. The van der Waals surface area contributed by atoms with E-state index in [-0.39, 0.29) is 17.8 Å². The fourth-order valence-corrected chi connectivity index (χ4v) is 5.58. The summed E-state index contributed by atoms with van der Waals surface area (Å²) in [6.45, 7) is 7.96. The highest BCUT2D eigenvalue weighted by Gasteiger charge is 2.71. The lowest BCUT2D eigenvalue weighted by atomic mass is 10.0. The van der Waals surface area contributed by atoms with Crippen molar-refractivity contribution in [1.29, 1.82) is 0 Å². The maximum absolute atomic E-state index is 13.4. The highest BCUT2D eigenvalue weighted by atomic mass is 19.3. The average Bonchev–Trinajstić information content (AvgIpc) is 3.20. The fourth-order valence-electron chi connectivity index (χ4n) is 5.58. The number of rotatable bonds is 7. The molecule has 0 amide bonds. The lowest BCUT2D eigenvalue weighted by Crippen LogP contribution is -2.31. The van der Waals surface area contributed by atoms with E-state index in [0.717, 1.165) is 33.2 Å². The summed E-state index contributed by atoms with van der Waals surface area (Å²) >= 11 is 0. The SMILES string of the molecule is CC(C)n1c(=O)n(C)c2nnc3ccc(-c4ccc([C@@H](C)OCCN5CC6C(C5)C6(F)F)nc4)cc3c21. The zero-order chi connectivity index (χ0) is 26.1. The summed E-state index contributed by atoms with van der Waals surface area (Å²) in [5.41, 5.74) is 4.66. The first-order chi connectivity index (χ1) is 17.7. The van der Waals surface area contributed by atoms with Gasteiger partial charge in [-0.3, -0.25) is 14.1 Å². The van der Waals surface area contributed by atoms with Gasteiger partial charge in [-0.05, 0) is 44.5 Å². The Morgan fingerprint density at radius 1 is 1.08 bits per heavy atom. The zero-order valence-electron chi connectivity index (χ0n) is 21.4. The molecule has 194 valence electrons.